The molecule has 2 unspecified atom stereocenters. The maximum Gasteiger partial charge on any atom is 0.0259 e. The van der Waals surface area contributed by atoms with Gasteiger partial charge in [-0.2, -0.15) is 11.8 Å². The van der Waals surface area contributed by atoms with Crippen LogP contribution in [0, 0.1) is 5.92 Å². The molecule has 1 aliphatic carbocycles. The topological polar surface area (TPSA) is 15.3 Å². The van der Waals surface area contributed by atoms with E-state index in [1.165, 1.54) is 76.9 Å². The summed E-state index contributed by atoms with van der Waals surface area (Å²) in [5.74, 6) is 2.34. The van der Waals surface area contributed by atoms with Crippen LogP contribution in [0.15, 0.2) is 0 Å². The zero-order valence-electron chi connectivity index (χ0n) is 12.5. The Hall–Kier alpha value is 0.270. The van der Waals surface area contributed by atoms with Crippen molar-refractivity contribution in [3.63, 3.8) is 0 Å². The van der Waals surface area contributed by atoms with Crippen LogP contribution in [0.2, 0.25) is 0 Å². The molecule has 2 saturated heterocycles. The Morgan fingerprint density at radius 3 is 2.79 bits per heavy atom. The molecule has 2 heterocycles. The molecule has 2 nitrogen and oxygen atoms in total. The molecule has 0 bridgehead atoms. The molecule has 19 heavy (non-hydrogen) atoms. The van der Waals surface area contributed by atoms with Crippen LogP contribution in [0.5, 0.6) is 0 Å². The zero-order chi connectivity index (χ0) is 13.1. The van der Waals surface area contributed by atoms with E-state index in [1.54, 1.807) is 0 Å². The minimum atomic E-state index is 0.550. The van der Waals surface area contributed by atoms with Gasteiger partial charge in [-0.3, -0.25) is 4.90 Å². The lowest BCUT2D eigenvalue weighted by Crippen LogP contribution is -2.56. The van der Waals surface area contributed by atoms with Crippen LogP contribution in [-0.4, -0.2) is 47.6 Å². The van der Waals surface area contributed by atoms with Crippen molar-refractivity contribution in [1.29, 1.82) is 0 Å². The van der Waals surface area contributed by atoms with E-state index < -0.39 is 0 Å². The first-order valence-corrected chi connectivity index (χ1v) is 9.33. The number of hydrogen-bond donors (Lipinski definition) is 1. The van der Waals surface area contributed by atoms with Gasteiger partial charge in [0.05, 0.1) is 0 Å². The normalized spacial score (nSPS) is 38.7. The molecule has 2 aliphatic heterocycles. The molecule has 3 fully saturated rings. The van der Waals surface area contributed by atoms with Crippen molar-refractivity contribution < 1.29 is 0 Å². The van der Waals surface area contributed by atoms with E-state index in [9.17, 15) is 0 Å². The Kier molecular flexibility index (Phi) is 4.76. The molecular formula is C16H30N2S. The van der Waals surface area contributed by atoms with Crippen LogP contribution in [-0.2, 0) is 0 Å². The van der Waals surface area contributed by atoms with E-state index in [1.807, 2.05) is 0 Å². The van der Waals surface area contributed by atoms with Gasteiger partial charge in [0.2, 0.25) is 0 Å². The number of nitrogens with zero attached hydrogens (tertiary/aromatic N) is 1. The van der Waals surface area contributed by atoms with Crippen LogP contribution < -0.4 is 5.32 Å². The van der Waals surface area contributed by atoms with Crippen LogP contribution in [0.3, 0.4) is 0 Å². The summed E-state index contributed by atoms with van der Waals surface area (Å²) in [7, 11) is 0. The molecule has 110 valence electrons. The highest BCUT2D eigenvalue weighted by molar-refractivity contribution is 8.00. The van der Waals surface area contributed by atoms with Crippen molar-refractivity contribution in [2.75, 3.05) is 31.9 Å². The maximum absolute atomic E-state index is 3.81. The van der Waals surface area contributed by atoms with Crippen molar-refractivity contribution in [3.8, 4) is 0 Å². The first-order valence-electron chi connectivity index (χ1n) is 8.35. The molecule has 1 saturated carbocycles. The summed E-state index contributed by atoms with van der Waals surface area (Å²) >= 11 is 2.21. The number of hydrogen-bond acceptors (Lipinski definition) is 3. The van der Waals surface area contributed by atoms with Crippen molar-refractivity contribution in [1.82, 2.24) is 10.2 Å². The van der Waals surface area contributed by atoms with Crippen molar-refractivity contribution in [2.45, 2.75) is 62.7 Å². The molecule has 2 atom stereocenters. The summed E-state index contributed by atoms with van der Waals surface area (Å²) in [4.78, 5) is 2.76. The van der Waals surface area contributed by atoms with Gasteiger partial charge in [-0.25, -0.2) is 0 Å². The lowest BCUT2D eigenvalue weighted by Gasteiger charge is -2.41. The monoisotopic (exact) mass is 282 g/mol. The fourth-order valence-electron chi connectivity index (χ4n) is 4.27. The molecule has 0 aromatic heterocycles. The average molecular weight is 282 g/mol. The standard InChI is InChI=1S/C16H30N2S/c1-16(8-5-11-19-16)13-18-10-9-17-15(12-18)14-6-3-2-4-7-14/h14-15,17H,2-13H2,1H3. The Labute approximate surface area is 123 Å². The van der Waals surface area contributed by atoms with Gasteiger partial charge in [-0.1, -0.05) is 19.3 Å². The second kappa shape index (κ2) is 6.36. The number of piperazine rings is 1. The van der Waals surface area contributed by atoms with Gasteiger partial charge in [0, 0.05) is 37.0 Å². The van der Waals surface area contributed by atoms with E-state index in [0.717, 1.165) is 12.0 Å². The molecule has 3 rings (SSSR count). The highest BCUT2D eigenvalue weighted by atomic mass is 32.2. The molecule has 0 radical (unpaired) electrons. The molecule has 0 amide bonds. The minimum Gasteiger partial charge on any atom is -0.311 e. The van der Waals surface area contributed by atoms with Gasteiger partial charge < -0.3 is 5.32 Å². The first kappa shape index (κ1) is 14.2. The second-order valence-corrected chi connectivity index (χ2v) is 8.78. The molecule has 0 aromatic carbocycles. The summed E-state index contributed by atoms with van der Waals surface area (Å²) < 4.78 is 0.550. The molecule has 3 aliphatic rings. The fraction of sp³-hybridized carbons (Fsp3) is 1.00. The van der Waals surface area contributed by atoms with Crippen molar-refractivity contribution in [3.05, 3.63) is 0 Å². The van der Waals surface area contributed by atoms with Gasteiger partial charge in [-0.15, -0.1) is 0 Å². The molecule has 1 N–H and O–H groups in total. The fourth-order valence-corrected chi connectivity index (χ4v) is 5.62. The van der Waals surface area contributed by atoms with Gasteiger partial charge in [0.1, 0.15) is 0 Å². The van der Waals surface area contributed by atoms with Crippen LogP contribution in [0.4, 0.5) is 0 Å². The Morgan fingerprint density at radius 1 is 1.21 bits per heavy atom. The molecule has 3 heteroatoms. The predicted molar refractivity (Wildman–Crippen MR) is 84.9 cm³/mol. The number of nitrogens with one attached hydrogen (secondary N) is 1. The second-order valence-electron chi connectivity index (χ2n) is 7.10. The summed E-state index contributed by atoms with van der Waals surface area (Å²) in [5, 5.41) is 3.81. The average Bonchev–Trinajstić information content (AvgIpc) is 2.86. The van der Waals surface area contributed by atoms with Crippen LogP contribution >= 0.6 is 11.8 Å². The minimum absolute atomic E-state index is 0.550. The van der Waals surface area contributed by atoms with E-state index in [2.05, 4.69) is 28.9 Å². The number of rotatable bonds is 3. The predicted octanol–water partition coefficient (Wildman–Crippen LogP) is 3.13. The van der Waals surface area contributed by atoms with Crippen LogP contribution in [0.1, 0.15) is 51.9 Å². The Bertz CT molecular complexity index is 282. The van der Waals surface area contributed by atoms with Crippen molar-refractivity contribution >= 4 is 11.8 Å². The smallest absolute Gasteiger partial charge is 0.0259 e. The van der Waals surface area contributed by atoms with E-state index >= 15 is 0 Å². The summed E-state index contributed by atoms with van der Waals surface area (Å²) in [6.07, 6.45) is 10.2. The highest BCUT2D eigenvalue weighted by Crippen LogP contribution is 2.38. The maximum atomic E-state index is 3.81. The lowest BCUT2D eigenvalue weighted by atomic mass is 9.83. The largest absolute Gasteiger partial charge is 0.311 e. The summed E-state index contributed by atoms with van der Waals surface area (Å²) in [6, 6.07) is 0.782. The van der Waals surface area contributed by atoms with Gasteiger partial charge in [0.15, 0.2) is 0 Å². The van der Waals surface area contributed by atoms with Crippen molar-refractivity contribution in [2.24, 2.45) is 5.92 Å². The third-order valence-electron chi connectivity index (χ3n) is 5.37. The lowest BCUT2D eigenvalue weighted by molar-refractivity contribution is 0.137. The van der Waals surface area contributed by atoms with Crippen LogP contribution in [0.25, 0.3) is 0 Å². The Morgan fingerprint density at radius 2 is 2.05 bits per heavy atom. The van der Waals surface area contributed by atoms with E-state index in [4.69, 9.17) is 0 Å². The Balaban J connectivity index is 1.52. The van der Waals surface area contributed by atoms with Gasteiger partial charge in [0.25, 0.3) is 0 Å². The quantitative estimate of drug-likeness (QED) is 0.856. The molecule has 0 spiro atoms. The summed E-state index contributed by atoms with van der Waals surface area (Å²) in [6.45, 7) is 7.59. The van der Waals surface area contributed by atoms with E-state index in [0.29, 0.717) is 4.75 Å². The third kappa shape index (κ3) is 3.68. The highest BCUT2D eigenvalue weighted by Gasteiger charge is 2.34. The molecular weight excluding hydrogens is 252 g/mol. The van der Waals surface area contributed by atoms with E-state index in [-0.39, 0.29) is 0 Å². The third-order valence-corrected chi connectivity index (χ3v) is 6.89. The number of thioether (sulfide) groups is 1. The SMILES string of the molecule is CC1(CN2CCNC(C3CCCCC3)C2)CCCS1. The zero-order valence-corrected chi connectivity index (χ0v) is 13.3. The van der Waals surface area contributed by atoms with Gasteiger partial charge >= 0.3 is 0 Å². The molecule has 0 aromatic rings. The van der Waals surface area contributed by atoms with Gasteiger partial charge in [-0.05, 0) is 44.3 Å². The summed E-state index contributed by atoms with van der Waals surface area (Å²) in [5.41, 5.74) is 0. The first-order chi connectivity index (χ1) is 9.25.